The Kier molecular flexibility index (Phi) is 4.46. The Labute approximate surface area is 119 Å². The fourth-order valence-electron chi connectivity index (χ4n) is 2.95. The van der Waals surface area contributed by atoms with E-state index in [0.717, 1.165) is 6.54 Å². The second-order valence-electron chi connectivity index (χ2n) is 6.29. The molecule has 1 fully saturated rings. The zero-order chi connectivity index (χ0) is 14.0. The van der Waals surface area contributed by atoms with E-state index in [1.807, 2.05) is 6.92 Å². The molecule has 1 aliphatic carbocycles. The van der Waals surface area contributed by atoms with Gasteiger partial charge in [0.05, 0.1) is 0 Å². The van der Waals surface area contributed by atoms with Crippen LogP contribution in [0.2, 0.25) is 0 Å². The van der Waals surface area contributed by atoms with Gasteiger partial charge in [-0.1, -0.05) is 44.2 Å². The van der Waals surface area contributed by atoms with Gasteiger partial charge in [-0.15, -0.1) is 0 Å². The monoisotopic (exact) mass is 279 g/mol. The third-order valence-corrected chi connectivity index (χ3v) is 5.99. The van der Waals surface area contributed by atoms with Gasteiger partial charge in [-0.05, 0) is 30.2 Å². The summed E-state index contributed by atoms with van der Waals surface area (Å²) in [5.41, 5.74) is 1.72. The summed E-state index contributed by atoms with van der Waals surface area (Å²) in [5.74, 6) is 0.633. The summed E-state index contributed by atoms with van der Waals surface area (Å²) < 4.78 is 11.4. The van der Waals surface area contributed by atoms with Gasteiger partial charge in [-0.3, -0.25) is 4.21 Å². The number of hydrogen-bond donors (Lipinski definition) is 1. The Bertz CT molecular complexity index is 443. The number of rotatable bonds is 5. The van der Waals surface area contributed by atoms with E-state index in [2.05, 4.69) is 49.5 Å². The van der Waals surface area contributed by atoms with E-state index in [1.165, 1.54) is 12.0 Å². The van der Waals surface area contributed by atoms with Crippen molar-refractivity contribution in [2.75, 3.05) is 12.8 Å². The summed E-state index contributed by atoms with van der Waals surface area (Å²) in [7, 11) is -0.737. The molecule has 2 rings (SSSR count). The highest BCUT2D eigenvalue weighted by Crippen LogP contribution is 2.52. The van der Waals surface area contributed by atoms with Crippen molar-refractivity contribution in [1.29, 1.82) is 0 Å². The summed E-state index contributed by atoms with van der Waals surface area (Å²) in [6.45, 7) is 7.56. The van der Waals surface area contributed by atoms with E-state index in [1.54, 1.807) is 6.26 Å². The first-order chi connectivity index (χ1) is 8.93. The quantitative estimate of drug-likeness (QED) is 0.898. The van der Waals surface area contributed by atoms with Crippen LogP contribution in [0.25, 0.3) is 0 Å². The molecule has 106 valence electrons. The second-order valence-corrected chi connectivity index (χ2v) is 8.09. The van der Waals surface area contributed by atoms with Crippen molar-refractivity contribution in [3.8, 4) is 0 Å². The van der Waals surface area contributed by atoms with E-state index >= 15 is 0 Å². The fraction of sp³-hybridized carbons (Fsp3) is 0.625. The SMILES string of the molecule is C[C@@H](CN[C@H]1C[C@@H](c2ccccc2)C1(C)C)[S@@](C)=O. The standard InChI is InChI=1S/C16H25NOS/c1-12(19(4)18)11-17-15-10-14(16(15,2)3)13-8-6-5-7-9-13/h5-9,12,14-15,17H,10-11H2,1-4H3/t12-,14-,15-,19+/m0/s1. The zero-order valence-corrected chi connectivity index (χ0v) is 13.2. The predicted molar refractivity (Wildman–Crippen MR) is 82.9 cm³/mol. The highest BCUT2D eigenvalue weighted by Gasteiger charge is 2.48. The third-order valence-electron chi connectivity index (χ3n) is 4.69. The van der Waals surface area contributed by atoms with E-state index in [0.29, 0.717) is 12.0 Å². The lowest BCUT2D eigenvalue weighted by Crippen LogP contribution is -2.56. The summed E-state index contributed by atoms with van der Waals surface area (Å²) >= 11 is 0. The van der Waals surface area contributed by atoms with Crippen molar-refractivity contribution in [2.45, 2.75) is 44.4 Å². The van der Waals surface area contributed by atoms with E-state index in [9.17, 15) is 4.21 Å². The van der Waals surface area contributed by atoms with Crippen LogP contribution in [-0.2, 0) is 10.8 Å². The maximum atomic E-state index is 11.4. The van der Waals surface area contributed by atoms with Gasteiger partial charge in [0.15, 0.2) is 0 Å². The molecule has 19 heavy (non-hydrogen) atoms. The Morgan fingerprint density at radius 2 is 2.00 bits per heavy atom. The van der Waals surface area contributed by atoms with Crippen LogP contribution in [0.3, 0.4) is 0 Å². The Hall–Kier alpha value is -0.670. The van der Waals surface area contributed by atoms with Crippen LogP contribution < -0.4 is 5.32 Å². The zero-order valence-electron chi connectivity index (χ0n) is 12.3. The molecular weight excluding hydrogens is 254 g/mol. The lowest BCUT2D eigenvalue weighted by atomic mass is 9.56. The molecule has 0 radical (unpaired) electrons. The molecule has 0 spiro atoms. The predicted octanol–water partition coefficient (Wildman–Crippen LogP) is 2.93. The van der Waals surface area contributed by atoms with Crippen LogP contribution >= 0.6 is 0 Å². The molecule has 0 amide bonds. The molecule has 1 aromatic rings. The Morgan fingerprint density at radius 1 is 1.37 bits per heavy atom. The maximum absolute atomic E-state index is 11.4. The first-order valence-electron chi connectivity index (χ1n) is 7.03. The van der Waals surface area contributed by atoms with Crippen molar-refractivity contribution in [3.63, 3.8) is 0 Å². The molecule has 1 aromatic carbocycles. The summed E-state index contributed by atoms with van der Waals surface area (Å²) in [4.78, 5) is 0. The van der Waals surface area contributed by atoms with Gasteiger partial charge in [-0.25, -0.2) is 0 Å². The molecule has 1 N–H and O–H groups in total. The van der Waals surface area contributed by atoms with Crippen molar-refractivity contribution in [2.24, 2.45) is 5.41 Å². The molecule has 1 saturated carbocycles. The van der Waals surface area contributed by atoms with Crippen molar-refractivity contribution < 1.29 is 4.21 Å². The second kappa shape index (κ2) is 5.76. The average Bonchev–Trinajstić information content (AvgIpc) is 2.38. The fourth-order valence-corrected chi connectivity index (χ4v) is 3.28. The summed E-state index contributed by atoms with van der Waals surface area (Å²) in [6.07, 6.45) is 2.96. The largest absolute Gasteiger partial charge is 0.312 e. The minimum Gasteiger partial charge on any atom is -0.312 e. The van der Waals surface area contributed by atoms with E-state index < -0.39 is 10.8 Å². The molecule has 4 atom stereocenters. The van der Waals surface area contributed by atoms with Gasteiger partial charge in [0, 0.05) is 34.9 Å². The third kappa shape index (κ3) is 3.09. The van der Waals surface area contributed by atoms with Crippen molar-refractivity contribution in [3.05, 3.63) is 35.9 Å². The first kappa shape index (κ1) is 14.7. The van der Waals surface area contributed by atoms with Crippen LogP contribution in [-0.4, -0.2) is 28.3 Å². The van der Waals surface area contributed by atoms with E-state index in [4.69, 9.17) is 0 Å². The van der Waals surface area contributed by atoms with Crippen LogP contribution in [0.5, 0.6) is 0 Å². The Balaban J connectivity index is 1.93. The minimum absolute atomic E-state index is 0.228. The van der Waals surface area contributed by atoms with Crippen LogP contribution in [0.1, 0.15) is 38.7 Å². The lowest BCUT2D eigenvalue weighted by molar-refractivity contribution is 0.0697. The molecular formula is C16H25NOS. The van der Waals surface area contributed by atoms with Crippen LogP contribution in [0, 0.1) is 5.41 Å². The van der Waals surface area contributed by atoms with Crippen LogP contribution in [0.15, 0.2) is 30.3 Å². The smallest absolute Gasteiger partial charge is 0.0441 e. The highest BCUT2D eigenvalue weighted by molar-refractivity contribution is 7.84. The molecule has 0 aromatic heterocycles. The van der Waals surface area contributed by atoms with Crippen molar-refractivity contribution in [1.82, 2.24) is 5.32 Å². The molecule has 0 aliphatic heterocycles. The average molecular weight is 279 g/mol. The van der Waals surface area contributed by atoms with Gasteiger partial charge < -0.3 is 5.32 Å². The normalized spacial score (nSPS) is 28.4. The summed E-state index contributed by atoms with van der Waals surface area (Å²) in [5, 5.41) is 3.83. The van der Waals surface area contributed by atoms with Gasteiger partial charge in [0.1, 0.15) is 0 Å². The van der Waals surface area contributed by atoms with Gasteiger partial charge in [-0.2, -0.15) is 0 Å². The molecule has 1 aliphatic rings. The van der Waals surface area contributed by atoms with Gasteiger partial charge in [0.25, 0.3) is 0 Å². The number of nitrogens with one attached hydrogen (secondary N) is 1. The van der Waals surface area contributed by atoms with E-state index in [-0.39, 0.29) is 10.7 Å². The Morgan fingerprint density at radius 3 is 2.53 bits per heavy atom. The first-order valence-corrected chi connectivity index (χ1v) is 8.65. The summed E-state index contributed by atoms with van der Waals surface area (Å²) in [6, 6.07) is 11.3. The molecule has 3 heteroatoms. The lowest BCUT2D eigenvalue weighted by Gasteiger charge is -2.53. The highest BCUT2D eigenvalue weighted by atomic mass is 32.2. The van der Waals surface area contributed by atoms with Gasteiger partial charge >= 0.3 is 0 Å². The van der Waals surface area contributed by atoms with Gasteiger partial charge in [0.2, 0.25) is 0 Å². The number of benzene rings is 1. The molecule has 0 heterocycles. The molecule has 0 bridgehead atoms. The molecule has 0 saturated heterocycles. The minimum atomic E-state index is -0.737. The van der Waals surface area contributed by atoms with Crippen molar-refractivity contribution >= 4 is 10.8 Å². The maximum Gasteiger partial charge on any atom is 0.0441 e. The number of hydrogen-bond acceptors (Lipinski definition) is 2. The molecule has 2 nitrogen and oxygen atoms in total. The molecule has 0 unspecified atom stereocenters. The van der Waals surface area contributed by atoms with Crippen LogP contribution in [0.4, 0.5) is 0 Å². The topological polar surface area (TPSA) is 29.1 Å².